The summed E-state index contributed by atoms with van der Waals surface area (Å²) in [7, 11) is 4.60. The van der Waals surface area contributed by atoms with Crippen LogP contribution in [0.25, 0.3) is 0 Å². The number of benzene rings is 1. The van der Waals surface area contributed by atoms with Crippen LogP contribution in [0.3, 0.4) is 0 Å². The Balaban J connectivity index is 3.10. The second kappa shape index (κ2) is 6.00. The molecule has 20 heavy (non-hydrogen) atoms. The van der Waals surface area contributed by atoms with Crippen LogP contribution in [0.4, 0.5) is 5.69 Å². The lowest BCUT2D eigenvalue weighted by atomic mass is 10.1. The normalized spacial score (nSPS) is 11.1. The summed E-state index contributed by atoms with van der Waals surface area (Å²) in [5.74, 6) is 0.610. The van der Waals surface area contributed by atoms with Crippen LogP contribution in [-0.4, -0.2) is 49.3 Å². The molecular weight excluding hydrogens is 260 g/mol. The lowest BCUT2D eigenvalue weighted by molar-refractivity contribution is 0.0368. The number of hydrogen-bond acceptors (Lipinski definition) is 5. The largest absolute Gasteiger partial charge is 0.493 e. The van der Waals surface area contributed by atoms with Crippen LogP contribution in [-0.2, 0) is 0 Å². The van der Waals surface area contributed by atoms with E-state index in [2.05, 4.69) is 0 Å². The zero-order chi connectivity index (χ0) is 15.5. The SMILES string of the molecule is COc1cc(N)c(C(=O)N(C)CC(C)(C)O)cc1OC. The first kappa shape index (κ1) is 16.1. The first-order chi connectivity index (χ1) is 9.19. The molecule has 0 fully saturated rings. The van der Waals surface area contributed by atoms with Gasteiger partial charge in [0.2, 0.25) is 0 Å². The van der Waals surface area contributed by atoms with Crippen molar-refractivity contribution in [3.05, 3.63) is 17.7 Å². The smallest absolute Gasteiger partial charge is 0.255 e. The highest BCUT2D eigenvalue weighted by molar-refractivity contribution is 6.00. The summed E-state index contributed by atoms with van der Waals surface area (Å²) in [4.78, 5) is 13.8. The Kier molecular flexibility index (Phi) is 4.83. The Bertz CT molecular complexity index is 495. The van der Waals surface area contributed by atoms with Crippen molar-refractivity contribution in [1.82, 2.24) is 4.90 Å². The number of anilines is 1. The van der Waals surface area contributed by atoms with Crippen molar-refractivity contribution in [3.8, 4) is 11.5 Å². The van der Waals surface area contributed by atoms with E-state index < -0.39 is 5.60 Å². The molecule has 0 aliphatic rings. The van der Waals surface area contributed by atoms with Gasteiger partial charge in [-0.25, -0.2) is 0 Å². The van der Waals surface area contributed by atoms with E-state index in [1.165, 1.54) is 25.2 Å². The maximum atomic E-state index is 12.3. The van der Waals surface area contributed by atoms with Crippen LogP contribution in [0.1, 0.15) is 24.2 Å². The van der Waals surface area contributed by atoms with Gasteiger partial charge in [0.15, 0.2) is 11.5 Å². The maximum absolute atomic E-state index is 12.3. The van der Waals surface area contributed by atoms with Crippen molar-refractivity contribution in [2.45, 2.75) is 19.4 Å². The van der Waals surface area contributed by atoms with Gasteiger partial charge in [-0.3, -0.25) is 4.79 Å². The van der Waals surface area contributed by atoms with Crippen molar-refractivity contribution >= 4 is 11.6 Å². The maximum Gasteiger partial charge on any atom is 0.255 e. The zero-order valence-corrected chi connectivity index (χ0v) is 12.6. The molecule has 0 aliphatic heterocycles. The highest BCUT2D eigenvalue weighted by atomic mass is 16.5. The minimum absolute atomic E-state index is 0.194. The molecule has 0 bridgehead atoms. The number of carbonyl (C=O) groups is 1. The summed E-state index contributed by atoms with van der Waals surface area (Å²) in [6.45, 7) is 3.46. The van der Waals surface area contributed by atoms with Gasteiger partial charge in [-0.2, -0.15) is 0 Å². The van der Waals surface area contributed by atoms with Crippen LogP contribution in [0.5, 0.6) is 11.5 Å². The van der Waals surface area contributed by atoms with E-state index >= 15 is 0 Å². The molecule has 1 rings (SSSR count). The van der Waals surface area contributed by atoms with Gasteiger partial charge < -0.3 is 25.2 Å². The van der Waals surface area contributed by atoms with E-state index in [-0.39, 0.29) is 12.5 Å². The van der Waals surface area contributed by atoms with Crippen LogP contribution < -0.4 is 15.2 Å². The fourth-order valence-corrected chi connectivity index (χ4v) is 1.94. The fraction of sp³-hybridized carbons (Fsp3) is 0.500. The minimum atomic E-state index is -0.976. The molecule has 112 valence electrons. The molecule has 0 heterocycles. The lowest BCUT2D eigenvalue weighted by Crippen LogP contribution is -2.39. The summed E-state index contributed by atoms with van der Waals surface area (Å²) in [5, 5.41) is 9.77. The number of hydrogen-bond donors (Lipinski definition) is 2. The quantitative estimate of drug-likeness (QED) is 0.791. The molecule has 0 aliphatic carbocycles. The number of methoxy groups -OCH3 is 2. The van der Waals surface area contributed by atoms with Crippen LogP contribution in [0, 0.1) is 0 Å². The number of nitrogens with zero attached hydrogens (tertiary/aromatic N) is 1. The molecular formula is C14H22N2O4. The first-order valence-electron chi connectivity index (χ1n) is 6.19. The van der Waals surface area contributed by atoms with Gasteiger partial charge in [0, 0.05) is 25.3 Å². The Morgan fingerprint density at radius 1 is 1.30 bits per heavy atom. The van der Waals surface area contributed by atoms with E-state index in [1.54, 1.807) is 27.0 Å². The van der Waals surface area contributed by atoms with E-state index in [4.69, 9.17) is 15.2 Å². The fourth-order valence-electron chi connectivity index (χ4n) is 1.94. The molecule has 0 saturated carbocycles. The van der Waals surface area contributed by atoms with Gasteiger partial charge in [0.25, 0.3) is 5.91 Å². The van der Waals surface area contributed by atoms with Gasteiger partial charge >= 0.3 is 0 Å². The Hall–Kier alpha value is -1.95. The van der Waals surface area contributed by atoms with Gasteiger partial charge in [-0.15, -0.1) is 0 Å². The van der Waals surface area contributed by atoms with E-state index in [0.717, 1.165) is 0 Å². The minimum Gasteiger partial charge on any atom is -0.493 e. The summed E-state index contributed by atoms with van der Waals surface area (Å²) in [5.41, 5.74) is 5.52. The van der Waals surface area contributed by atoms with Crippen LogP contribution in [0.2, 0.25) is 0 Å². The van der Waals surface area contributed by atoms with Gasteiger partial charge in [0.05, 0.1) is 25.4 Å². The number of nitrogens with two attached hydrogens (primary N) is 1. The highest BCUT2D eigenvalue weighted by Gasteiger charge is 2.23. The average molecular weight is 282 g/mol. The molecule has 1 aromatic carbocycles. The Labute approximate surface area is 119 Å². The van der Waals surface area contributed by atoms with Crippen LogP contribution in [0.15, 0.2) is 12.1 Å². The third kappa shape index (κ3) is 3.77. The Morgan fingerprint density at radius 2 is 1.80 bits per heavy atom. The van der Waals surface area contributed by atoms with E-state index in [9.17, 15) is 9.90 Å². The summed E-state index contributed by atoms with van der Waals surface area (Å²) < 4.78 is 10.3. The first-order valence-corrected chi connectivity index (χ1v) is 6.19. The molecule has 1 aromatic rings. The predicted octanol–water partition coefficient (Wildman–Crippen LogP) is 1.13. The molecule has 1 amide bonds. The predicted molar refractivity (Wildman–Crippen MR) is 77.2 cm³/mol. The second-order valence-electron chi connectivity index (χ2n) is 5.27. The molecule has 0 atom stereocenters. The van der Waals surface area contributed by atoms with Gasteiger partial charge in [-0.05, 0) is 19.9 Å². The monoisotopic (exact) mass is 282 g/mol. The van der Waals surface area contributed by atoms with Crippen molar-refractivity contribution in [1.29, 1.82) is 0 Å². The van der Waals surface area contributed by atoms with Crippen molar-refractivity contribution in [3.63, 3.8) is 0 Å². The number of aliphatic hydroxyl groups is 1. The average Bonchev–Trinajstić information content (AvgIpc) is 2.35. The van der Waals surface area contributed by atoms with Crippen LogP contribution >= 0.6 is 0 Å². The number of likely N-dealkylation sites (N-methyl/N-ethyl adjacent to an activating group) is 1. The topological polar surface area (TPSA) is 85.0 Å². The van der Waals surface area contributed by atoms with Gasteiger partial charge in [-0.1, -0.05) is 0 Å². The molecule has 6 heteroatoms. The molecule has 3 N–H and O–H groups in total. The summed E-state index contributed by atoms with van der Waals surface area (Å²) in [6, 6.07) is 3.08. The van der Waals surface area contributed by atoms with Gasteiger partial charge in [0.1, 0.15) is 0 Å². The zero-order valence-electron chi connectivity index (χ0n) is 12.6. The molecule has 6 nitrogen and oxygen atoms in total. The van der Waals surface area contributed by atoms with Crippen molar-refractivity contribution in [2.24, 2.45) is 0 Å². The number of amides is 1. The third-order valence-corrected chi connectivity index (χ3v) is 2.76. The molecule has 0 unspecified atom stereocenters. The molecule has 0 saturated heterocycles. The molecule has 0 spiro atoms. The number of rotatable bonds is 5. The van der Waals surface area contributed by atoms with Crippen molar-refractivity contribution < 1.29 is 19.4 Å². The Morgan fingerprint density at radius 3 is 2.25 bits per heavy atom. The summed E-state index contributed by atoms with van der Waals surface area (Å²) in [6.07, 6.45) is 0. The summed E-state index contributed by atoms with van der Waals surface area (Å²) >= 11 is 0. The third-order valence-electron chi connectivity index (χ3n) is 2.76. The molecule has 0 radical (unpaired) electrons. The molecule has 0 aromatic heterocycles. The van der Waals surface area contributed by atoms with E-state index in [0.29, 0.717) is 22.7 Å². The lowest BCUT2D eigenvalue weighted by Gasteiger charge is -2.26. The standard InChI is InChI=1S/C14H22N2O4/c1-14(2,18)8-16(3)13(17)9-6-11(19-4)12(20-5)7-10(9)15/h6-7,18H,8,15H2,1-5H3. The van der Waals surface area contributed by atoms with E-state index in [1.807, 2.05) is 0 Å². The number of ether oxygens (including phenoxy) is 2. The highest BCUT2D eigenvalue weighted by Crippen LogP contribution is 2.32. The number of carbonyl (C=O) groups excluding carboxylic acids is 1. The second-order valence-corrected chi connectivity index (χ2v) is 5.27. The van der Waals surface area contributed by atoms with Crippen molar-refractivity contribution in [2.75, 3.05) is 33.5 Å². The number of nitrogen functional groups attached to an aromatic ring is 1.